The lowest BCUT2D eigenvalue weighted by Crippen LogP contribution is -2.37. The first-order valence-electron chi connectivity index (χ1n) is 7.54. The maximum absolute atomic E-state index is 13.9. The first-order valence-corrected chi connectivity index (χ1v) is 7.54. The maximum Gasteiger partial charge on any atom is 0.332 e. The largest absolute Gasteiger partial charge is 0.332 e. The number of fused-ring (bicyclic) bond motifs is 1. The van der Waals surface area contributed by atoms with Crippen LogP contribution in [-0.4, -0.2) is 20.0 Å². The van der Waals surface area contributed by atoms with Crippen LogP contribution in [0.5, 0.6) is 0 Å². The number of aryl methyl sites for hydroxylation is 2. The Bertz CT molecular complexity index is 1180. The third-order valence-corrected chi connectivity index (χ3v) is 4.07. The molecule has 9 heteroatoms. The summed E-state index contributed by atoms with van der Waals surface area (Å²) in [5.41, 5.74) is -0.949. The molecule has 3 rings (SSSR count). The number of rotatable bonds is 2. The third-order valence-electron chi connectivity index (χ3n) is 4.07. The maximum atomic E-state index is 13.9. The van der Waals surface area contributed by atoms with E-state index in [9.17, 15) is 23.2 Å². The number of carbonyl (C=O) groups is 1. The molecule has 0 aliphatic rings. The zero-order valence-corrected chi connectivity index (χ0v) is 14.1. The summed E-state index contributed by atoms with van der Waals surface area (Å²) in [6.07, 6.45) is 1.39. The molecule has 2 aromatic heterocycles. The van der Waals surface area contributed by atoms with Crippen LogP contribution in [0.4, 0.5) is 14.5 Å². The zero-order valence-electron chi connectivity index (χ0n) is 14.1. The molecule has 0 fully saturated rings. The van der Waals surface area contributed by atoms with Gasteiger partial charge in [-0.15, -0.1) is 0 Å². The average Bonchev–Trinajstić information content (AvgIpc) is 2.59. The number of hydrogen-bond acceptors (Lipinski definition) is 4. The van der Waals surface area contributed by atoms with Crippen LogP contribution in [0.25, 0.3) is 11.0 Å². The van der Waals surface area contributed by atoms with Crippen molar-refractivity contribution in [1.29, 1.82) is 0 Å². The Kier molecular flexibility index (Phi) is 4.15. The molecule has 0 radical (unpaired) electrons. The average molecular weight is 360 g/mol. The van der Waals surface area contributed by atoms with Crippen LogP contribution in [-0.2, 0) is 14.1 Å². The minimum Gasteiger partial charge on any atom is -0.321 e. The summed E-state index contributed by atoms with van der Waals surface area (Å²) in [6.45, 7) is 1.60. The Labute approximate surface area is 145 Å². The van der Waals surface area contributed by atoms with Gasteiger partial charge in [0, 0.05) is 26.4 Å². The number of benzene rings is 1. The molecule has 26 heavy (non-hydrogen) atoms. The minimum atomic E-state index is -1.03. The van der Waals surface area contributed by atoms with Crippen molar-refractivity contribution in [1.82, 2.24) is 14.1 Å². The highest BCUT2D eigenvalue weighted by molar-refractivity contribution is 6.09. The molecular formula is C17H14F2N4O3. The van der Waals surface area contributed by atoms with Crippen LogP contribution in [0.2, 0.25) is 0 Å². The van der Waals surface area contributed by atoms with E-state index < -0.39 is 28.8 Å². The molecule has 0 bridgehead atoms. The van der Waals surface area contributed by atoms with Gasteiger partial charge in [-0.2, -0.15) is 0 Å². The fourth-order valence-electron chi connectivity index (χ4n) is 2.64. The van der Waals surface area contributed by atoms with Gasteiger partial charge in [0.25, 0.3) is 11.5 Å². The number of nitrogens with one attached hydrogen (secondary N) is 1. The second-order valence-electron chi connectivity index (χ2n) is 5.80. The molecule has 0 aliphatic carbocycles. The van der Waals surface area contributed by atoms with E-state index in [0.717, 1.165) is 16.7 Å². The summed E-state index contributed by atoms with van der Waals surface area (Å²) in [5, 5.41) is 2.49. The van der Waals surface area contributed by atoms with Crippen LogP contribution in [0.1, 0.15) is 15.9 Å². The molecule has 2 heterocycles. The second kappa shape index (κ2) is 6.17. The van der Waals surface area contributed by atoms with E-state index in [1.165, 1.54) is 24.9 Å². The standard InChI is InChI=1S/C17H14F2N4O3/c1-8-7-20-14-12(16(25)23(3)17(26)22(14)2)13(8)21-15(24)10-5-4-9(18)6-11(10)19/h4-7H,1-3H3,(H,20,21,24). The number of aromatic nitrogens is 3. The van der Waals surface area contributed by atoms with E-state index in [1.807, 2.05) is 0 Å². The van der Waals surface area contributed by atoms with Gasteiger partial charge in [-0.25, -0.2) is 18.6 Å². The number of nitrogens with zero attached hydrogens (tertiary/aromatic N) is 3. The number of carbonyl (C=O) groups excluding carboxylic acids is 1. The Morgan fingerprint density at radius 3 is 2.50 bits per heavy atom. The topological polar surface area (TPSA) is 86.0 Å². The lowest BCUT2D eigenvalue weighted by molar-refractivity contribution is 0.102. The molecule has 0 spiro atoms. The minimum absolute atomic E-state index is 0.0190. The SMILES string of the molecule is Cc1cnc2c(c1NC(=O)c1ccc(F)cc1F)c(=O)n(C)c(=O)n2C. The van der Waals surface area contributed by atoms with Crippen molar-refractivity contribution < 1.29 is 13.6 Å². The molecule has 0 aliphatic heterocycles. The number of anilines is 1. The van der Waals surface area contributed by atoms with Crippen LogP contribution in [0, 0.1) is 18.6 Å². The van der Waals surface area contributed by atoms with Crippen molar-refractivity contribution in [2.24, 2.45) is 14.1 Å². The van der Waals surface area contributed by atoms with Crippen molar-refractivity contribution in [3.8, 4) is 0 Å². The Morgan fingerprint density at radius 2 is 1.85 bits per heavy atom. The van der Waals surface area contributed by atoms with Crippen molar-refractivity contribution in [3.05, 3.63) is 68.0 Å². The lowest BCUT2D eigenvalue weighted by Gasteiger charge is -2.14. The predicted octanol–water partition coefficient (Wildman–Crippen LogP) is 1.47. The van der Waals surface area contributed by atoms with E-state index in [0.29, 0.717) is 11.6 Å². The highest BCUT2D eigenvalue weighted by Gasteiger charge is 2.19. The monoisotopic (exact) mass is 360 g/mol. The van der Waals surface area contributed by atoms with Gasteiger partial charge in [0.05, 0.1) is 11.3 Å². The first-order chi connectivity index (χ1) is 12.2. The van der Waals surface area contributed by atoms with Gasteiger partial charge in [-0.3, -0.25) is 18.7 Å². The number of halogens is 2. The van der Waals surface area contributed by atoms with Crippen LogP contribution in [0.15, 0.2) is 34.0 Å². The summed E-state index contributed by atoms with van der Waals surface area (Å²) in [6, 6.07) is 2.56. The molecule has 0 saturated heterocycles. The number of pyridine rings is 1. The Morgan fingerprint density at radius 1 is 1.15 bits per heavy atom. The molecule has 0 saturated carbocycles. The molecule has 7 nitrogen and oxygen atoms in total. The molecule has 0 atom stereocenters. The fourth-order valence-corrected chi connectivity index (χ4v) is 2.64. The summed E-state index contributed by atoms with van der Waals surface area (Å²) in [4.78, 5) is 41.1. The normalized spacial score (nSPS) is 11.0. The van der Waals surface area contributed by atoms with E-state index >= 15 is 0 Å². The molecule has 0 unspecified atom stereocenters. The van der Waals surface area contributed by atoms with Crippen molar-refractivity contribution >= 4 is 22.6 Å². The van der Waals surface area contributed by atoms with Crippen LogP contribution >= 0.6 is 0 Å². The van der Waals surface area contributed by atoms with Gasteiger partial charge in [0.2, 0.25) is 0 Å². The predicted molar refractivity (Wildman–Crippen MR) is 91.3 cm³/mol. The van der Waals surface area contributed by atoms with Gasteiger partial charge in [-0.05, 0) is 24.6 Å². The summed E-state index contributed by atoms with van der Waals surface area (Å²) in [5.74, 6) is -2.69. The Hall–Kier alpha value is -3.36. The second-order valence-corrected chi connectivity index (χ2v) is 5.80. The van der Waals surface area contributed by atoms with E-state index in [2.05, 4.69) is 10.3 Å². The van der Waals surface area contributed by atoms with E-state index in [4.69, 9.17) is 0 Å². The summed E-state index contributed by atoms with van der Waals surface area (Å²) < 4.78 is 28.9. The number of amides is 1. The summed E-state index contributed by atoms with van der Waals surface area (Å²) >= 11 is 0. The van der Waals surface area contributed by atoms with Gasteiger partial charge in [0.1, 0.15) is 17.0 Å². The van der Waals surface area contributed by atoms with Crippen LogP contribution < -0.4 is 16.6 Å². The van der Waals surface area contributed by atoms with Gasteiger partial charge in [-0.1, -0.05) is 0 Å². The van der Waals surface area contributed by atoms with Crippen molar-refractivity contribution in [2.45, 2.75) is 6.92 Å². The molecular weight excluding hydrogens is 346 g/mol. The molecule has 1 aromatic carbocycles. The van der Waals surface area contributed by atoms with Crippen molar-refractivity contribution in [3.63, 3.8) is 0 Å². The lowest BCUT2D eigenvalue weighted by atomic mass is 10.1. The van der Waals surface area contributed by atoms with Crippen LogP contribution in [0.3, 0.4) is 0 Å². The summed E-state index contributed by atoms with van der Waals surface area (Å²) in [7, 11) is 2.75. The number of hydrogen-bond donors (Lipinski definition) is 1. The smallest absolute Gasteiger partial charge is 0.321 e. The van der Waals surface area contributed by atoms with E-state index in [-0.39, 0.29) is 22.3 Å². The van der Waals surface area contributed by atoms with Gasteiger partial charge in [0.15, 0.2) is 5.65 Å². The zero-order chi connectivity index (χ0) is 19.2. The third kappa shape index (κ3) is 2.67. The van der Waals surface area contributed by atoms with Gasteiger partial charge < -0.3 is 5.32 Å². The highest BCUT2D eigenvalue weighted by atomic mass is 19.1. The molecule has 1 N–H and O–H groups in total. The fraction of sp³-hybridized carbons (Fsp3) is 0.176. The highest BCUT2D eigenvalue weighted by Crippen LogP contribution is 2.23. The van der Waals surface area contributed by atoms with E-state index in [1.54, 1.807) is 6.92 Å². The molecule has 134 valence electrons. The molecule has 1 amide bonds. The van der Waals surface area contributed by atoms with Gasteiger partial charge >= 0.3 is 5.69 Å². The quantitative estimate of drug-likeness (QED) is 0.750. The first kappa shape index (κ1) is 17.5. The molecule has 3 aromatic rings. The Balaban J connectivity index is 2.22. The van der Waals surface area contributed by atoms with Crippen molar-refractivity contribution in [2.75, 3.05) is 5.32 Å².